The molecule has 3 fully saturated rings. The van der Waals surface area contributed by atoms with E-state index in [1.165, 1.54) is 12.8 Å². The summed E-state index contributed by atoms with van der Waals surface area (Å²) in [6.45, 7) is 2.14. The Balaban J connectivity index is 1.41. The summed E-state index contributed by atoms with van der Waals surface area (Å²) < 4.78 is 28.5. The van der Waals surface area contributed by atoms with Gasteiger partial charge in [0.05, 0.1) is 17.6 Å². The van der Waals surface area contributed by atoms with Gasteiger partial charge in [0.15, 0.2) is 9.84 Å². The van der Waals surface area contributed by atoms with Crippen LogP contribution in [0.4, 0.5) is 4.79 Å². The lowest BCUT2D eigenvalue weighted by molar-refractivity contribution is 0.0538. The standard InChI is InChI=1S/C13H22N2O4S/c16-13(14-11-4-6-20(17,18)9-11)15-5-3-12(7-15)19-8-10-1-2-10/h10-12H,1-9H2,(H,14,16)/t11-,12+/m1/s1. The Hall–Kier alpha value is -0.820. The van der Waals surface area contributed by atoms with Crippen molar-refractivity contribution in [1.29, 1.82) is 0 Å². The maximum absolute atomic E-state index is 12.1. The van der Waals surface area contributed by atoms with Crippen LogP contribution in [0.1, 0.15) is 25.7 Å². The lowest BCUT2D eigenvalue weighted by Gasteiger charge is -2.20. The first-order valence-electron chi connectivity index (χ1n) is 7.39. The summed E-state index contributed by atoms with van der Waals surface area (Å²) in [5.41, 5.74) is 0. The molecule has 0 radical (unpaired) electrons. The highest BCUT2D eigenvalue weighted by Crippen LogP contribution is 2.30. The van der Waals surface area contributed by atoms with Gasteiger partial charge in [0.2, 0.25) is 0 Å². The third-order valence-corrected chi connectivity index (χ3v) is 6.02. The van der Waals surface area contributed by atoms with Crippen molar-refractivity contribution in [3.63, 3.8) is 0 Å². The second-order valence-electron chi connectivity index (χ2n) is 6.18. The van der Waals surface area contributed by atoms with Crippen molar-refractivity contribution in [3.8, 4) is 0 Å². The summed E-state index contributed by atoms with van der Waals surface area (Å²) in [6, 6.07) is -0.372. The van der Waals surface area contributed by atoms with Gasteiger partial charge in [-0.2, -0.15) is 0 Å². The molecule has 3 aliphatic rings. The second kappa shape index (κ2) is 5.52. The lowest BCUT2D eigenvalue weighted by atomic mass is 10.3. The molecule has 20 heavy (non-hydrogen) atoms. The van der Waals surface area contributed by atoms with Gasteiger partial charge in [0.25, 0.3) is 0 Å². The van der Waals surface area contributed by atoms with Crippen LogP contribution in [0.3, 0.4) is 0 Å². The van der Waals surface area contributed by atoms with Gasteiger partial charge in [-0.05, 0) is 31.6 Å². The van der Waals surface area contributed by atoms with Crippen molar-refractivity contribution in [3.05, 3.63) is 0 Å². The van der Waals surface area contributed by atoms with E-state index in [0.29, 0.717) is 19.5 Å². The minimum atomic E-state index is -2.94. The normalized spacial score (nSPS) is 32.5. The Morgan fingerprint density at radius 3 is 2.70 bits per heavy atom. The molecule has 2 aliphatic heterocycles. The minimum Gasteiger partial charge on any atom is -0.376 e. The van der Waals surface area contributed by atoms with Gasteiger partial charge < -0.3 is 15.0 Å². The number of ether oxygens (including phenoxy) is 1. The first kappa shape index (κ1) is 14.1. The summed E-state index contributed by atoms with van der Waals surface area (Å²) in [4.78, 5) is 13.8. The predicted octanol–water partition coefficient (Wildman–Crippen LogP) is 0.384. The summed E-state index contributed by atoms with van der Waals surface area (Å²) in [5, 5.41) is 2.83. The van der Waals surface area contributed by atoms with Crippen molar-refractivity contribution in [1.82, 2.24) is 10.2 Å². The molecule has 2 heterocycles. The van der Waals surface area contributed by atoms with Gasteiger partial charge in [-0.15, -0.1) is 0 Å². The van der Waals surface area contributed by atoms with Crippen LogP contribution in [0.15, 0.2) is 0 Å². The van der Waals surface area contributed by atoms with E-state index in [-0.39, 0.29) is 29.7 Å². The Bertz CT molecular complexity index is 475. The first-order valence-corrected chi connectivity index (χ1v) is 9.21. The zero-order chi connectivity index (χ0) is 14.2. The molecule has 3 rings (SSSR count). The number of sulfone groups is 1. The van der Waals surface area contributed by atoms with Gasteiger partial charge >= 0.3 is 6.03 Å². The quantitative estimate of drug-likeness (QED) is 0.815. The number of rotatable bonds is 4. The van der Waals surface area contributed by atoms with E-state index in [1.807, 2.05) is 0 Å². The molecule has 1 saturated carbocycles. The maximum Gasteiger partial charge on any atom is 0.317 e. The molecular formula is C13H22N2O4S. The van der Waals surface area contributed by atoms with Crippen LogP contribution >= 0.6 is 0 Å². The molecule has 0 unspecified atom stereocenters. The zero-order valence-electron chi connectivity index (χ0n) is 11.6. The molecule has 0 bridgehead atoms. The first-order chi connectivity index (χ1) is 9.52. The fraction of sp³-hybridized carbons (Fsp3) is 0.923. The molecule has 114 valence electrons. The molecule has 0 aromatic carbocycles. The molecule has 1 N–H and O–H groups in total. The highest BCUT2D eigenvalue weighted by atomic mass is 32.2. The van der Waals surface area contributed by atoms with Crippen molar-refractivity contribution in [2.75, 3.05) is 31.2 Å². The number of carbonyl (C=O) groups excluding carboxylic acids is 1. The van der Waals surface area contributed by atoms with Crippen LogP contribution in [0.5, 0.6) is 0 Å². The number of carbonyl (C=O) groups is 1. The summed E-state index contributed by atoms with van der Waals surface area (Å²) in [7, 11) is -2.94. The van der Waals surface area contributed by atoms with Gasteiger partial charge in [0, 0.05) is 25.7 Å². The summed E-state index contributed by atoms with van der Waals surface area (Å²) in [5.74, 6) is 1.00. The van der Waals surface area contributed by atoms with Gasteiger partial charge in [0.1, 0.15) is 0 Å². The molecular weight excluding hydrogens is 280 g/mol. The molecule has 7 heteroatoms. The topological polar surface area (TPSA) is 75.7 Å². The monoisotopic (exact) mass is 302 g/mol. The number of amides is 2. The van der Waals surface area contributed by atoms with E-state index in [4.69, 9.17) is 4.74 Å². The zero-order valence-corrected chi connectivity index (χ0v) is 12.4. The van der Waals surface area contributed by atoms with Crippen molar-refractivity contribution in [2.45, 2.75) is 37.8 Å². The summed E-state index contributed by atoms with van der Waals surface area (Å²) >= 11 is 0. The minimum absolute atomic E-state index is 0.0776. The highest BCUT2D eigenvalue weighted by molar-refractivity contribution is 7.91. The maximum atomic E-state index is 12.1. The van der Waals surface area contributed by atoms with Gasteiger partial charge in [-0.1, -0.05) is 0 Å². The average molecular weight is 302 g/mol. The fourth-order valence-electron chi connectivity index (χ4n) is 2.78. The smallest absolute Gasteiger partial charge is 0.317 e. The average Bonchev–Trinajstić information content (AvgIpc) is 2.98. The Kier molecular flexibility index (Phi) is 3.90. The fourth-order valence-corrected chi connectivity index (χ4v) is 4.45. The van der Waals surface area contributed by atoms with Crippen molar-refractivity contribution >= 4 is 15.9 Å². The van der Waals surface area contributed by atoms with Crippen LogP contribution in [0.25, 0.3) is 0 Å². The molecule has 2 atom stereocenters. The lowest BCUT2D eigenvalue weighted by Crippen LogP contribution is -2.44. The van der Waals surface area contributed by atoms with E-state index in [0.717, 1.165) is 18.9 Å². The van der Waals surface area contributed by atoms with Crippen LogP contribution in [-0.4, -0.2) is 62.7 Å². The molecule has 0 spiro atoms. The van der Waals surface area contributed by atoms with E-state index in [9.17, 15) is 13.2 Å². The summed E-state index contributed by atoms with van der Waals surface area (Å²) in [6.07, 6.45) is 4.10. The Labute approximate surface area is 119 Å². The number of hydrogen-bond donors (Lipinski definition) is 1. The Morgan fingerprint density at radius 1 is 1.25 bits per heavy atom. The second-order valence-corrected chi connectivity index (χ2v) is 8.41. The number of hydrogen-bond acceptors (Lipinski definition) is 4. The van der Waals surface area contributed by atoms with Crippen LogP contribution in [0.2, 0.25) is 0 Å². The Morgan fingerprint density at radius 2 is 2.05 bits per heavy atom. The number of nitrogens with one attached hydrogen (secondary N) is 1. The number of urea groups is 1. The van der Waals surface area contributed by atoms with Crippen molar-refractivity contribution < 1.29 is 17.9 Å². The molecule has 0 aromatic heterocycles. The third-order valence-electron chi connectivity index (χ3n) is 4.26. The highest BCUT2D eigenvalue weighted by Gasteiger charge is 2.33. The predicted molar refractivity (Wildman–Crippen MR) is 74.2 cm³/mol. The van der Waals surface area contributed by atoms with E-state index in [1.54, 1.807) is 4.90 Å². The molecule has 2 saturated heterocycles. The van der Waals surface area contributed by atoms with Gasteiger partial charge in [-0.3, -0.25) is 0 Å². The van der Waals surface area contributed by atoms with Crippen LogP contribution in [0, 0.1) is 5.92 Å². The van der Waals surface area contributed by atoms with E-state index in [2.05, 4.69) is 5.32 Å². The molecule has 1 aliphatic carbocycles. The number of likely N-dealkylation sites (tertiary alicyclic amines) is 1. The van der Waals surface area contributed by atoms with Gasteiger partial charge in [-0.25, -0.2) is 13.2 Å². The SMILES string of the molecule is O=C(N[C@@H]1CCS(=O)(=O)C1)N1CC[C@H](OCC2CC2)C1. The molecule has 6 nitrogen and oxygen atoms in total. The third kappa shape index (κ3) is 3.63. The van der Waals surface area contributed by atoms with Crippen molar-refractivity contribution in [2.24, 2.45) is 5.92 Å². The molecule has 0 aromatic rings. The largest absolute Gasteiger partial charge is 0.376 e. The molecule has 2 amide bonds. The van der Waals surface area contributed by atoms with E-state index >= 15 is 0 Å². The van der Waals surface area contributed by atoms with Crippen LogP contribution in [-0.2, 0) is 14.6 Å². The van der Waals surface area contributed by atoms with Crippen LogP contribution < -0.4 is 5.32 Å². The number of nitrogens with zero attached hydrogens (tertiary/aromatic N) is 1. The van der Waals surface area contributed by atoms with E-state index < -0.39 is 9.84 Å².